The Morgan fingerprint density at radius 2 is 2.16 bits per heavy atom. The molecule has 102 valence electrons. The molecule has 2 rings (SSSR count). The second-order valence-corrected chi connectivity index (χ2v) is 5.12. The third-order valence-electron chi connectivity index (χ3n) is 2.87. The number of aromatic hydroxyl groups is 1. The van der Waals surface area contributed by atoms with Gasteiger partial charge in [0.15, 0.2) is 0 Å². The van der Waals surface area contributed by atoms with Gasteiger partial charge in [-0.25, -0.2) is 4.98 Å². The molecule has 0 bridgehead atoms. The summed E-state index contributed by atoms with van der Waals surface area (Å²) < 4.78 is 1.98. The van der Waals surface area contributed by atoms with Gasteiger partial charge in [-0.15, -0.1) is 0 Å². The van der Waals surface area contributed by atoms with E-state index in [9.17, 15) is 5.11 Å². The molecule has 0 spiro atoms. The Morgan fingerprint density at radius 3 is 2.84 bits per heavy atom. The van der Waals surface area contributed by atoms with Gasteiger partial charge in [-0.3, -0.25) is 0 Å². The monoisotopic (exact) mass is 299 g/mol. The first kappa shape index (κ1) is 14.2. The number of rotatable bonds is 5. The molecule has 0 aliphatic carbocycles. The number of aromatic nitrogens is 2. The largest absolute Gasteiger partial charge is 0.506 e. The lowest BCUT2D eigenvalue weighted by atomic mass is 10.2. The van der Waals surface area contributed by atoms with E-state index in [0.29, 0.717) is 17.1 Å². The average Bonchev–Trinajstić information content (AvgIpc) is 2.76. The van der Waals surface area contributed by atoms with Crippen LogP contribution in [0.5, 0.6) is 5.75 Å². The molecule has 1 aromatic carbocycles. The summed E-state index contributed by atoms with van der Waals surface area (Å²) in [6.07, 6.45) is 4.51. The smallest absolute Gasteiger partial charge is 0.138 e. The molecule has 6 heteroatoms. The molecule has 0 saturated carbocycles. The Bertz CT molecular complexity index is 569. The van der Waals surface area contributed by atoms with Crippen LogP contribution in [0.15, 0.2) is 24.5 Å². The fraction of sp³-hybridized carbons (Fsp3) is 0.308. The summed E-state index contributed by atoms with van der Waals surface area (Å²) in [5.74, 6) is 1.09. The highest BCUT2D eigenvalue weighted by Crippen LogP contribution is 2.30. The van der Waals surface area contributed by atoms with Gasteiger partial charge in [0.05, 0.1) is 5.02 Å². The summed E-state index contributed by atoms with van der Waals surface area (Å²) in [6.45, 7) is 1.27. The standard InChI is InChI=1S/C13H15Cl2N3O/c1-18-5-4-17-12(18)2-3-16-8-9-6-10(14)7-11(15)13(9)19/h4-7,16,19H,2-3,8H2,1H3. The number of phenolic OH excluding ortho intramolecular Hbond substituents is 1. The van der Waals surface area contributed by atoms with Crippen LogP contribution in [-0.2, 0) is 20.0 Å². The van der Waals surface area contributed by atoms with Gasteiger partial charge in [-0.2, -0.15) is 0 Å². The summed E-state index contributed by atoms with van der Waals surface area (Å²) in [4.78, 5) is 4.24. The summed E-state index contributed by atoms with van der Waals surface area (Å²) >= 11 is 11.8. The zero-order valence-corrected chi connectivity index (χ0v) is 12.0. The van der Waals surface area contributed by atoms with Crippen molar-refractivity contribution in [1.82, 2.24) is 14.9 Å². The zero-order valence-electron chi connectivity index (χ0n) is 10.5. The molecule has 0 amide bonds. The fourth-order valence-corrected chi connectivity index (χ4v) is 2.35. The molecule has 0 aliphatic rings. The van der Waals surface area contributed by atoms with Crippen molar-refractivity contribution in [3.8, 4) is 5.75 Å². The molecule has 0 radical (unpaired) electrons. The quantitative estimate of drug-likeness (QED) is 0.835. The highest BCUT2D eigenvalue weighted by atomic mass is 35.5. The normalized spacial score (nSPS) is 10.9. The van der Waals surface area contributed by atoms with E-state index in [0.717, 1.165) is 18.8 Å². The van der Waals surface area contributed by atoms with Crippen molar-refractivity contribution in [2.24, 2.45) is 7.05 Å². The lowest BCUT2D eigenvalue weighted by Gasteiger charge is -2.09. The van der Waals surface area contributed by atoms with E-state index >= 15 is 0 Å². The summed E-state index contributed by atoms with van der Waals surface area (Å²) in [5.41, 5.74) is 0.692. The van der Waals surface area contributed by atoms with Gasteiger partial charge >= 0.3 is 0 Å². The number of benzene rings is 1. The highest BCUT2D eigenvalue weighted by molar-refractivity contribution is 6.35. The third-order valence-corrected chi connectivity index (χ3v) is 3.38. The molecular weight excluding hydrogens is 285 g/mol. The van der Waals surface area contributed by atoms with Gasteiger partial charge in [0.25, 0.3) is 0 Å². The van der Waals surface area contributed by atoms with Crippen molar-refractivity contribution in [3.63, 3.8) is 0 Å². The number of aryl methyl sites for hydroxylation is 1. The Hall–Kier alpha value is -1.23. The third kappa shape index (κ3) is 3.62. The van der Waals surface area contributed by atoms with E-state index in [2.05, 4.69) is 10.3 Å². The first-order valence-electron chi connectivity index (χ1n) is 5.91. The molecule has 0 atom stereocenters. The van der Waals surface area contributed by atoms with Crippen molar-refractivity contribution >= 4 is 23.2 Å². The van der Waals surface area contributed by atoms with E-state index in [1.165, 1.54) is 6.07 Å². The second-order valence-electron chi connectivity index (χ2n) is 4.28. The molecule has 1 aromatic heterocycles. The van der Waals surface area contributed by atoms with Crippen LogP contribution in [-0.4, -0.2) is 21.2 Å². The van der Waals surface area contributed by atoms with E-state index < -0.39 is 0 Å². The Labute approximate surface area is 122 Å². The number of nitrogens with zero attached hydrogens (tertiary/aromatic N) is 2. The van der Waals surface area contributed by atoms with E-state index in [-0.39, 0.29) is 10.8 Å². The predicted octanol–water partition coefficient (Wildman–Crippen LogP) is 2.76. The minimum atomic E-state index is 0.0792. The van der Waals surface area contributed by atoms with Crippen LogP contribution in [0.2, 0.25) is 10.0 Å². The summed E-state index contributed by atoms with van der Waals surface area (Å²) in [5, 5.41) is 13.8. The zero-order chi connectivity index (χ0) is 13.8. The number of hydrogen-bond donors (Lipinski definition) is 2. The topological polar surface area (TPSA) is 50.1 Å². The number of phenols is 1. The minimum absolute atomic E-state index is 0.0792. The van der Waals surface area contributed by atoms with E-state index in [1.54, 1.807) is 12.3 Å². The van der Waals surface area contributed by atoms with E-state index in [4.69, 9.17) is 23.2 Å². The van der Waals surface area contributed by atoms with Gasteiger partial charge in [-0.05, 0) is 12.1 Å². The molecular formula is C13H15Cl2N3O. The van der Waals surface area contributed by atoms with Gasteiger partial charge in [0, 0.05) is 49.5 Å². The molecule has 2 aromatic rings. The van der Waals surface area contributed by atoms with Crippen molar-refractivity contribution in [2.45, 2.75) is 13.0 Å². The predicted molar refractivity (Wildman–Crippen MR) is 76.7 cm³/mol. The number of nitrogens with one attached hydrogen (secondary N) is 1. The van der Waals surface area contributed by atoms with E-state index in [1.807, 2.05) is 17.8 Å². The fourth-order valence-electron chi connectivity index (χ4n) is 1.81. The van der Waals surface area contributed by atoms with Crippen LogP contribution in [0, 0.1) is 0 Å². The summed E-state index contributed by atoms with van der Waals surface area (Å²) in [6, 6.07) is 3.23. The van der Waals surface area contributed by atoms with Gasteiger partial charge < -0.3 is 15.0 Å². The molecule has 0 fully saturated rings. The second kappa shape index (κ2) is 6.28. The molecule has 0 aliphatic heterocycles. The molecule has 0 unspecified atom stereocenters. The van der Waals surface area contributed by atoms with Crippen molar-refractivity contribution in [1.29, 1.82) is 0 Å². The Kier molecular flexibility index (Phi) is 4.69. The molecule has 0 saturated heterocycles. The van der Waals surface area contributed by atoms with Crippen LogP contribution in [0.3, 0.4) is 0 Å². The van der Waals surface area contributed by atoms with Crippen molar-refractivity contribution in [2.75, 3.05) is 6.54 Å². The molecule has 1 heterocycles. The van der Waals surface area contributed by atoms with Crippen LogP contribution >= 0.6 is 23.2 Å². The van der Waals surface area contributed by atoms with Crippen LogP contribution < -0.4 is 5.32 Å². The number of imidazole rings is 1. The lowest BCUT2D eigenvalue weighted by Crippen LogP contribution is -2.18. The minimum Gasteiger partial charge on any atom is -0.506 e. The van der Waals surface area contributed by atoms with Gasteiger partial charge in [0.1, 0.15) is 11.6 Å². The average molecular weight is 300 g/mol. The SMILES string of the molecule is Cn1ccnc1CCNCc1cc(Cl)cc(Cl)c1O. The lowest BCUT2D eigenvalue weighted by molar-refractivity contribution is 0.464. The molecule has 2 N–H and O–H groups in total. The Morgan fingerprint density at radius 1 is 1.37 bits per heavy atom. The number of hydrogen-bond acceptors (Lipinski definition) is 3. The first-order valence-corrected chi connectivity index (χ1v) is 6.67. The van der Waals surface area contributed by atoms with Crippen molar-refractivity contribution < 1.29 is 5.11 Å². The van der Waals surface area contributed by atoms with Crippen LogP contribution in [0.25, 0.3) is 0 Å². The van der Waals surface area contributed by atoms with Gasteiger partial charge in [0.2, 0.25) is 0 Å². The summed E-state index contributed by atoms with van der Waals surface area (Å²) in [7, 11) is 1.96. The van der Waals surface area contributed by atoms with Crippen LogP contribution in [0.1, 0.15) is 11.4 Å². The molecule has 19 heavy (non-hydrogen) atoms. The van der Waals surface area contributed by atoms with Crippen LogP contribution in [0.4, 0.5) is 0 Å². The Balaban J connectivity index is 1.88. The first-order chi connectivity index (χ1) is 9.08. The molecule has 4 nitrogen and oxygen atoms in total. The maximum absolute atomic E-state index is 9.80. The van der Waals surface area contributed by atoms with Crippen molar-refractivity contribution in [3.05, 3.63) is 46.0 Å². The van der Waals surface area contributed by atoms with Gasteiger partial charge in [-0.1, -0.05) is 23.2 Å². The number of halogens is 2. The highest BCUT2D eigenvalue weighted by Gasteiger charge is 2.07. The maximum atomic E-state index is 9.80. The maximum Gasteiger partial charge on any atom is 0.138 e.